The van der Waals surface area contributed by atoms with Crippen molar-refractivity contribution < 1.29 is 14.3 Å². The Morgan fingerprint density at radius 1 is 1.25 bits per heavy atom. The van der Waals surface area contributed by atoms with Gasteiger partial charge >= 0.3 is 6.09 Å². The van der Waals surface area contributed by atoms with E-state index in [1.807, 2.05) is 20.8 Å². The van der Waals surface area contributed by atoms with Crippen molar-refractivity contribution in [1.29, 1.82) is 0 Å². The Kier molecular flexibility index (Phi) is 5.99. The fourth-order valence-corrected chi connectivity index (χ4v) is 3.04. The second-order valence-electron chi connectivity index (χ2n) is 6.95. The molecule has 0 aromatic heterocycles. The van der Waals surface area contributed by atoms with Gasteiger partial charge < -0.3 is 15.0 Å². The molecule has 1 aliphatic rings. The van der Waals surface area contributed by atoms with Gasteiger partial charge in [0.2, 0.25) is 0 Å². The van der Waals surface area contributed by atoms with Crippen LogP contribution in [0.3, 0.4) is 0 Å². The largest absolute Gasteiger partial charge is 0.444 e. The van der Waals surface area contributed by atoms with Crippen LogP contribution in [0.15, 0.2) is 18.2 Å². The summed E-state index contributed by atoms with van der Waals surface area (Å²) in [7, 11) is 0. The summed E-state index contributed by atoms with van der Waals surface area (Å²) in [5.41, 5.74) is -0.0793. The number of nitrogens with zero attached hydrogens (tertiary/aromatic N) is 1. The molecule has 1 unspecified atom stereocenters. The van der Waals surface area contributed by atoms with Gasteiger partial charge in [-0.25, -0.2) is 4.79 Å². The molecule has 1 aromatic carbocycles. The van der Waals surface area contributed by atoms with Crippen molar-refractivity contribution in [3.8, 4) is 0 Å². The smallest absolute Gasteiger partial charge is 0.410 e. The molecule has 1 atom stereocenters. The monoisotopic (exact) mass is 372 g/mol. The van der Waals surface area contributed by atoms with Crippen LogP contribution in [0.2, 0.25) is 10.0 Å². The van der Waals surface area contributed by atoms with Crippen LogP contribution < -0.4 is 5.32 Å². The summed E-state index contributed by atoms with van der Waals surface area (Å²) in [6, 6.07) is 4.73. The van der Waals surface area contributed by atoms with Crippen LogP contribution in [0, 0.1) is 5.92 Å². The van der Waals surface area contributed by atoms with Gasteiger partial charge in [-0.1, -0.05) is 23.2 Å². The van der Waals surface area contributed by atoms with Crippen LogP contribution in [0.1, 0.15) is 37.6 Å². The fraction of sp³-hybridized carbons (Fsp3) is 0.529. The Morgan fingerprint density at radius 3 is 2.46 bits per heavy atom. The van der Waals surface area contributed by atoms with Crippen molar-refractivity contribution in [2.75, 3.05) is 19.6 Å². The van der Waals surface area contributed by atoms with E-state index in [1.54, 1.807) is 23.1 Å². The van der Waals surface area contributed by atoms with Gasteiger partial charge in [0.05, 0.1) is 0 Å². The van der Waals surface area contributed by atoms with Gasteiger partial charge in [0.25, 0.3) is 5.91 Å². The molecule has 1 aliphatic heterocycles. The molecule has 2 amide bonds. The Labute approximate surface area is 152 Å². The van der Waals surface area contributed by atoms with E-state index in [1.165, 1.54) is 0 Å². The summed E-state index contributed by atoms with van der Waals surface area (Å²) >= 11 is 11.8. The summed E-state index contributed by atoms with van der Waals surface area (Å²) in [6.45, 7) is 7.23. The standard InChI is InChI=1S/C17H22Cl2N2O3/c1-17(2,3)24-16(23)21-5-4-11(10-21)9-20-15(22)12-6-13(18)8-14(19)7-12/h6-8,11H,4-5,9-10H2,1-3H3,(H,20,22). The molecule has 0 spiro atoms. The molecular formula is C17H22Cl2N2O3. The Hall–Kier alpha value is -1.46. The molecule has 1 fully saturated rings. The number of hydrogen-bond acceptors (Lipinski definition) is 3. The molecule has 132 valence electrons. The highest BCUT2D eigenvalue weighted by molar-refractivity contribution is 6.35. The van der Waals surface area contributed by atoms with E-state index in [2.05, 4.69) is 5.32 Å². The normalized spacial score (nSPS) is 17.7. The van der Waals surface area contributed by atoms with Gasteiger partial charge in [0.1, 0.15) is 5.60 Å². The van der Waals surface area contributed by atoms with E-state index in [9.17, 15) is 9.59 Å². The number of ether oxygens (including phenoxy) is 1. The first kappa shape index (κ1) is 18.9. The number of carbonyl (C=O) groups is 2. The van der Waals surface area contributed by atoms with Crippen molar-refractivity contribution >= 4 is 35.2 Å². The maximum atomic E-state index is 12.2. The second-order valence-corrected chi connectivity index (χ2v) is 7.82. The molecule has 1 heterocycles. The minimum Gasteiger partial charge on any atom is -0.444 e. The lowest BCUT2D eigenvalue weighted by Gasteiger charge is -2.24. The highest BCUT2D eigenvalue weighted by Crippen LogP contribution is 2.21. The van der Waals surface area contributed by atoms with E-state index < -0.39 is 5.60 Å². The first-order valence-corrected chi connectivity index (χ1v) is 8.62. The van der Waals surface area contributed by atoms with Gasteiger partial charge in [-0.3, -0.25) is 4.79 Å². The Balaban J connectivity index is 1.83. The molecule has 1 saturated heterocycles. The zero-order valence-corrected chi connectivity index (χ0v) is 15.6. The van der Waals surface area contributed by atoms with Gasteiger partial charge in [0, 0.05) is 35.2 Å². The fourth-order valence-electron chi connectivity index (χ4n) is 2.52. The van der Waals surface area contributed by atoms with Crippen LogP contribution in [0.5, 0.6) is 0 Å². The first-order chi connectivity index (χ1) is 11.1. The lowest BCUT2D eigenvalue weighted by molar-refractivity contribution is 0.0288. The molecule has 0 aliphatic carbocycles. The van der Waals surface area contributed by atoms with Crippen LogP contribution in [0.4, 0.5) is 4.79 Å². The molecule has 1 aromatic rings. The van der Waals surface area contributed by atoms with Crippen LogP contribution in [-0.2, 0) is 4.74 Å². The number of carbonyl (C=O) groups excluding carboxylic acids is 2. The zero-order valence-electron chi connectivity index (χ0n) is 14.1. The second kappa shape index (κ2) is 7.62. The summed E-state index contributed by atoms with van der Waals surface area (Å²) in [5, 5.41) is 3.71. The number of benzene rings is 1. The maximum Gasteiger partial charge on any atom is 0.410 e. The van der Waals surface area contributed by atoms with Gasteiger partial charge in [-0.15, -0.1) is 0 Å². The van der Waals surface area contributed by atoms with E-state index in [0.29, 0.717) is 35.2 Å². The van der Waals surface area contributed by atoms with Crippen molar-refractivity contribution in [3.63, 3.8) is 0 Å². The van der Waals surface area contributed by atoms with Crippen molar-refractivity contribution in [2.45, 2.75) is 32.8 Å². The maximum absolute atomic E-state index is 12.2. The van der Waals surface area contributed by atoms with Crippen LogP contribution >= 0.6 is 23.2 Å². The topological polar surface area (TPSA) is 58.6 Å². The van der Waals surface area contributed by atoms with Gasteiger partial charge in [-0.05, 0) is 51.3 Å². The minimum absolute atomic E-state index is 0.205. The average molecular weight is 373 g/mol. The van der Waals surface area contributed by atoms with Crippen LogP contribution in [-0.4, -0.2) is 42.1 Å². The number of amides is 2. The third-order valence-electron chi connectivity index (χ3n) is 3.61. The highest BCUT2D eigenvalue weighted by Gasteiger charge is 2.29. The Morgan fingerprint density at radius 2 is 1.88 bits per heavy atom. The Bertz CT molecular complexity index is 609. The predicted molar refractivity (Wildman–Crippen MR) is 94.7 cm³/mol. The summed E-state index contributed by atoms with van der Waals surface area (Å²) in [6.07, 6.45) is 0.522. The number of likely N-dealkylation sites (tertiary alicyclic amines) is 1. The van der Waals surface area contributed by atoms with Crippen molar-refractivity contribution in [3.05, 3.63) is 33.8 Å². The molecule has 2 rings (SSSR count). The number of hydrogen-bond donors (Lipinski definition) is 1. The molecule has 0 saturated carbocycles. The molecule has 1 N–H and O–H groups in total. The van der Waals surface area contributed by atoms with Crippen LogP contribution in [0.25, 0.3) is 0 Å². The van der Waals surface area contributed by atoms with E-state index >= 15 is 0 Å². The summed E-state index contributed by atoms with van der Waals surface area (Å²) < 4.78 is 5.36. The van der Waals surface area contributed by atoms with E-state index in [0.717, 1.165) is 6.42 Å². The van der Waals surface area contributed by atoms with Gasteiger partial charge in [-0.2, -0.15) is 0 Å². The molecule has 24 heavy (non-hydrogen) atoms. The van der Waals surface area contributed by atoms with E-state index in [-0.39, 0.29) is 17.9 Å². The quantitative estimate of drug-likeness (QED) is 0.872. The molecule has 7 heteroatoms. The SMILES string of the molecule is CC(C)(C)OC(=O)N1CCC(CNC(=O)c2cc(Cl)cc(Cl)c2)C1. The van der Waals surface area contributed by atoms with Gasteiger partial charge in [0.15, 0.2) is 0 Å². The molecule has 0 bridgehead atoms. The lowest BCUT2D eigenvalue weighted by Crippen LogP contribution is -2.36. The van der Waals surface area contributed by atoms with Crippen molar-refractivity contribution in [1.82, 2.24) is 10.2 Å². The zero-order chi connectivity index (χ0) is 17.9. The average Bonchev–Trinajstić information content (AvgIpc) is 2.91. The third-order valence-corrected chi connectivity index (χ3v) is 4.05. The summed E-state index contributed by atoms with van der Waals surface area (Å²) in [4.78, 5) is 25.9. The molecule has 0 radical (unpaired) electrons. The predicted octanol–water partition coefficient (Wildman–Crippen LogP) is 3.98. The molecule has 5 nitrogen and oxygen atoms in total. The third kappa shape index (κ3) is 5.56. The lowest BCUT2D eigenvalue weighted by atomic mass is 10.1. The van der Waals surface area contributed by atoms with Crippen molar-refractivity contribution in [2.24, 2.45) is 5.92 Å². The summed E-state index contributed by atoms with van der Waals surface area (Å²) in [5.74, 6) is -0.0220. The first-order valence-electron chi connectivity index (χ1n) is 7.86. The highest BCUT2D eigenvalue weighted by atomic mass is 35.5. The number of nitrogens with one attached hydrogen (secondary N) is 1. The minimum atomic E-state index is -0.505. The number of halogens is 2. The van der Waals surface area contributed by atoms with E-state index in [4.69, 9.17) is 27.9 Å². The molecular weight excluding hydrogens is 351 g/mol. The number of rotatable bonds is 3.